The Balaban J connectivity index is 0.724. The number of methoxy groups -OCH3 is 1. The number of sulfonamides is 1. The molecule has 0 saturated heterocycles. The van der Waals surface area contributed by atoms with Crippen molar-refractivity contribution in [2.24, 2.45) is 5.92 Å². The number of hydroxylamine groups is 1. The first-order chi connectivity index (χ1) is 52.9. The van der Waals surface area contributed by atoms with E-state index in [0.29, 0.717) is 80.4 Å². The van der Waals surface area contributed by atoms with Gasteiger partial charge in [-0.05, 0) is 154 Å². The molecule has 0 fully saturated rings. The van der Waals surface area contributed by atoms with Crippen LogP contribution in [0.1, 0.15) is 122 Å². The van der Waals surface area contributed by atoms with Crippen LogP contribution in [0, 0.1) is 5.92 Å². The fourth-order valence-corrected chi connectivity index (χ4v) is 17.1. The normalized spacial score (nSPS) is 15.2. The van der Waals surface area contributed by atoms with Gasteiger partial charge in [0.1, 0.15) is 35.8 Å². The molecule has 2 atom stereocenters. The number of fused-ring (bicyclic) bond motifs is 6. The van der Waals surface area contributed by atoms with Crippen LogP contribution >= 0.6 is 0 Å². The van der Waals surface area contributed by atoms with E-state index in [0.717, 1.165) is 49.0 Å². The van der Waals surface area contributed by atoms with Gasteiger partial charge in [0, 0.05) is 84.8 Å². The second-order valence-corrected chi connectivity index (χ2v) is 33.1. The maximum Gasteiger partial charge on any atom is 0.295 e. The second-order valence-electron chi connectivity index (χ2n) is 28.4. The molecular weight excluding hydrogens is 1490 g/mol. The number of ether oxygens (including phenoxy) is 4. The lowest BCUT2D eigenvalue weighted by molar-refractivity contribution is -0.438. The van der Waals surface area contributed by atoms with Gasteiger partial charge in [-0.3, -0.25) is 37.9 Å². The van der Waals surface area contributed by atoms with Gasteiger partial charge in [-0.2, -0.15) is 25.7 Å². The number of alkyl halides is 1. The highest BCUT2D eigenvalue weighted by Crippen LogP contribution is 2.51. The monoisotopic (exact) mass is 1590 g/mol. The molecule has 600 valence electrons. The summed E-state index contributed by atoms with van der Waals surface area (Å²) >= 11 is 0. The Bertz CT molecular complexity index is 4930. The minimum absolute atomic E-state index is 0.0924. The van der Waals surface area contributed by atoms with Crippen molar-refractivity contribution in [1.29, 1.82) is 0 Å². The fraction of sp³-hybridized carbons (Fsp3) is 0.468. The molecule has 0 radical (unpaired) electrons. The van der Waals surface area contributed by atoms with E-state index in [1.165, 1.54) is 65.1 Å². The SMILES string of the molecule is CCN1C(=CC=CC=CC2=[N+](CCCCCC(=O)NCCCC[C@H](NC(=O)Cn3cc(CCCF)nn3)C(=O)NCCOCCOCCOCCn3cc(CN([C@@H](C(=O)NO)C(C)C)S(=O)(=O)c4ccc(OC)cc4)nn3)c3ccc4ccc(S(=O)(=O)O)cc4c3C2(C)C)C(C)(C)c2c1ccc1c(S(=O)(=O)O)cccc21. The molecule has 30 nitrogen and oxygen atoms in total. The molecule has 0 unspecified atom stereocenters. The first kappa shape index (κ1) is 85.8. The predicted molar refractivity (Wildman–Crippen MR) is 414 cm³/mol. The van der Waals surface area contributed by atoms with Gasteiger partial charge >= 0.3 is 0 Å². The number of likely N-dealkylation sites (N-methyl/N-ethyl adjacent to an activating group) is 1. The summed E-state index contributed by atoms with van der Waals surface area (Å²) in [7, 11) is -11.8. The average Bonchev–Trinajstić information content (AvgIpc) is 1.58. The summed E-state index contributed by atoms with van der Waals surface area (Å²) in [6, 6.07) is 20.6. The van der Waals surface area contributed by atoms with E-state index in [1.807, 2.05) is 48.6 Å². The van der Waals surface area contributed by atoms with E-state index in [4.69, 9.17) is 18.9 Å². The number of carbonyl (C=O) groups excluding carboxylic acids is 4. The van der Waals surface area contributed by atoms with Crippen molar-refractivity contribution in [3.8, 4) is 5.75 Å². The Labute approximate surface area is 647 Å². The van der Waals surface area contributed by atoms with Crippen LogP contribution in [0.5, 0.6) is 5.75 Å². The van der Waals surface area contributed by atoms with Gasteiger partial charge in [0.2, 0.25) is 33.4 Å². The van der Waals surface area contributed by atoms with Crippen molar-refractivity contribution in [1.82, 2.24) is 55.7 Å². The molecule has 111 heavy (non-hydrogen) atoms. The summed E-state index contributed by atoms with van der Waals surface area (Å²) in [5.74, 6) is -2.08. The third-order valence-corrected chi connectivity index (χ3v) is 23.2. The van der Waals surface area contributed by atoms with Crippen LogP contribution in [0.2, 0.25) is 0 Å². The fourth-order valence-electron chi connectivity index (χ4n) is 14.2. The number of aryl methyl sites for hydroxylation is 1. The number of hydrogen-bond donors (Lipinski definition) is 7. The van der Waals surface area contributed by atoms with E-state index in [1.54, 1.807) is 43.7 Å². The van der Waals surface area contributed by atoms with Crippen LogP contribution in [-0.2, 0) is 101 Å². The second kappa shape index (κ2) is 38.8. The molecule has 4 amide bonds. The molecule has 4 heterocycles. The summed E-state index contributed by atoms with van der Waals surface area (Å²) in [4.78, 5) is 54.8. The molecule has 0 aliphatic carbocycles. The predicted octanol–water partition coefficient (Wildman–Crippen LogP) is 8.39. The van der Waals surface area contributed by atoms with E-state index in [9.17, 15) is 63.1 Å². The number of nitrogens with zero attached hydrogens (tertiary/aromatic N) is 9. The van der Waals surface area contributed by atoms with E-state index in [2.05, 4.69) is 86.7 Å². The van der Waals surface area contributed by atoms with Crippen molar-refractivity contribution >= 4 is 92.5 Å². The highest BCUT2D eigenvalue weighted by molar-refractivity contribution is 7.89. The molecule has 2 aromatic heterocycles. The van der Waals surface area contributed by atoms with Crippen molar-refractivity contribution in [3.63, 3.8) is 0 Å². The number of allylic oxidation sites excluding steroid dienone is 6. The molecular formula is C77H101FN13O17S3+. The minimum atomic E-state index is -4.52. The quantitative estimate of drug-likeness (QED) is 0.00470. The highest BCUT2D eigenvalue weighted by atomic mass is 32.2. The molecule has 34 heteroatoms. The van der Waals surface area contributed by atoms with Crippen LogP contribution in [-0.4, -0.2) is 199 Å². The zero-order chi connectivity index (χ0) is 80.3. The largest absolute Gasteiger partial charge is 0.497 e. The molecule has 0 saturated carbocycles. The third kappa shape index (κ3) is 21.7. The number of anilines is 1. The Hall–Kier alpha value is -9.23. The first-order valence-electron chi connectivity index (χ1n) is 37.0. The van der Waals surface area contributed by atoms with Gasteiger partial charge in [0.25, 0.3) is 26.1 Å². The maximum atomic E-state index is 13.9. The molecule has 5 aromatic carbocycles. The van der Waals surface area contributed by atoms with E-state index < -0.39 is 83.5 Å². The summed E-state index contributed by atoms with van der Waals surface area (Å²) < 4.78 is 139. The smallest absolute Gasteiger partial charge is 0.295 e. The molecule has 2 aliphatic heterocycles. The zero-order valence-electron chi connectivity index (χ0n) is 63.8. The summed E-state index contributed by atoms with van der Waals surface area (Å²) in [6.45, 7) is 15.8. The van der Waals surface area contributed by atoms with Crippen molar-refractivity contribution < 1.29 is 86.7 Å². The van der Waals surface area contributed by atoms with Gasteiger partial charge in [-0.15, -0.1) is 10.2 Å². The van der Waals surface area contributed by atoms with Crippen molar-refractivity contribution in [3.05, 3.63) is 156 Å². The summed E-state index contributed by atoms with van der Waals surface area (Å²) in [6.07, 6.45) is 17.2. The lowest BCUT2D eigenvalue weighted by Crippen LogP contribution is -2.51. The van der Waals surface area contributed by atoms with Crippen LogP contribution < -0.4 is 31.1 Å². The number of benzene rings is 5. The number of aromatic nitrogens is 6. The van der Waals surface area contributed by atoms with Crippen LogP contribution in [0.15, 0.2) is 148 Å². The number of nitrogens with one attached hydrogen (secondary N) is 4. The highest BCUT2D eigenvalue weighted by Gasteiger charge is 2.46. The van der Waals surface area contributed by atoms with Crippen LogP contribution in [0.3, 0.4) is 0 Å². The average molecular weight is 1600 g/mol. The minimum Gasteiger partial charge on any atom is -0.497 e. The number of unbranched alkanes of at least 4 members (excludes halogenated alkanes) is 3. The van der Waals surface area contributed by atoms with E-state index in [-0.39, 0.29) is 111 Å². The van der Waals surface area contributed by atoms with Gasteiger partial charge in [-0.1, -0.05) is 80.6 Å². The molecule has 9 rings (SSSR count). The molecule has 7 aromatic rings. The van der Waals surface area contributed by atoms with Gasteiger partial charge in [0.15, 0.2) is 5.71 Å². The van der Waals surface area contributed by atoms with E-state index >= 15 is 0 Å². The van der Waals surface area contributed by atoms with Crippen LogP contribution in [0.4, 0.5) is 15.8 Å². The molecule has 7 N–H and O–H groups in total. The number of hydrogen-bond acceptors (Lipinski definition) is 20. The first-order valence-corrected chi connectivity index (χ1v) is 41.3. The van der Waals surface area contributed by atoms with Gasteiger partial charge < -0.3 is 39.8 Å². The molecule has 0 spiro atoms. The number of carbonyl (C=O) groups is 4. The topological polar surface area (TPSA) is 387 Å². The molecule has 0 bridgehead atoms. The van der Waals surface area contributed by atoms with Crippen molar-refractivity contribution in [2.75, 3.05) is 84.5 Å². The van der Waals surface area contributed by atoms with Crippen LogP contribution in [0.25, 0.3) is 21.5 Å². The van der Waals surface area contributed by atoms with Crippen molar-refractivity contribution in [2.45, 2.75) is 163 Å². The number of amides is 4. The Kier molecular flexibility index (Phi) is 30.0. The lowest BCUT2D eigenvalue weighted by atomic mass is 9.79. The zero-order valence-corrected chi connectivity index (χ0v) is 66.3. The van der Waals surface area contributed by atoms with Gasteiger partial charge in [0.05, 0.1) is 93.1 Å². The Morgan fingerprint density at radius 2 is 1.38 bits per heavy atom. The van der Waals surface area contributed by atoms with Gasteiger partial charge in [-0.25, -0.2) is 23.3 Å². The Morgan fingerprint density at radius 1 is 0.685 bits per heavy atom. The lowest BCUT2D eigenvalue weighted by Gasteiger charge is -2.31. The third-order valence-electron chi connectivity index (χ3n) is 19.6. The summed E-state index contributed by atoms with van der Waals surface area (Å²) in [5.41, 5.74) is 6.80. The number of rotatable bonds is 44. The Morgan fingerprint density at radius 3 is 2.07 bits per heavy atom. The number of halogens is 1. The molecule has 2 aliphatic rings. The standard InChI is InChI=1S/C77H100FN13O17S3/c1-9-89-64-36-34-60-61(21-18-23-66(60)111(102,103)104)71(64)76(4,5)67(89)24-12-10-13-25-68-77(6,7)72-62-48-59(110(99,100)101)31-27-54(62)28-35-65(72)90(68)40-17-11-14-26-69(92)79-38-16-15-22-63(81-70(93)52-88-49-55(82-86-88)20-19-37-78)74(94)80-39-42-106-44-46-108-47-45-107-43-41-87-50-56(83-85-87)51-91(73(53(2)3)75(95)84-96)109(97,98)58-32-29-57(105-8)30-33-58/h10,12-13,18,21,23-25,27-36,48-50,53,63,73H,9,11,14-17,19-20,22,26,37-47,51-52H2,1-8H3,(H6-,79,80,81,82,83,84,85,86,92,93,94,95,96,99,100,101,102,103,104)/p+1/t63-,73+/m0/s1. The maximum absolute atomic E-state index is 13.9. The summed E-state index contributed by atoms with van der Waals surface area (Å²) in [5, 5.41) is 37.0.